The molecule has 3 aromatic rings. The summed E-state index contributed by atoms with van der Waals surface area (Å²) in [4.78, 5) is 18.0. The maximum Gasteiger partial charge on any atom is 0.267 e. The monoisotopic (exact) mass is 385 g/mol. The van der Waals surface area contributed by atoms with Gasteiger partial charge < -0.3 is 10.3 Å². The van der Waals surface area contributed by atoms with Crippen molar-refractivity contribution in [3.63, 3.8) is 0 Å². The summed E-state index contributed by atoms with van der Waals surface area (Å²) in [5.41, 5.74) is 2.48. The van der Waals surface area contributed by atoms with Crippen LogP contribution in [-0.2, 0) is 6.54 Å². The van der Waals surface area contributed by atoms with Gasteiger partial charge in [-0.2, -0.15) is 0 Å². The van der Waals surface area contributed by atoms with Crippen LogP contribution in [0.25, 0.3) is 10.9 Å². The van der Waals surface area contributed by atoms with E-state index in [9.17, 15) is 9.18 Å². The maximum absolute atomic E-state index is 13.3. The van der Waals surface area contributed by atoms with E-state index in [0.29, 0.717) is 11.1 Å². The highest BCUT2D eigenvalue weighted by atomic mass is 35.5. The van der Waals surface area contributed by atoms with Gasteiger partial charge in [-0.25, -0.2) is 4.39 Å². The molecule has 0 unspecified atom stereocenters. The summed E-state index contributed by atoms with van der Waals surface area (Å²) < 4.78 is 13.3. The van der Waals surface area contributed by atoms with Gasteiger partial charge in [0.25, 0.3) is 5.91 Å². The van der Waals surface area contributed by atoms with Gasteiger partial charge >= 0.3 is 0 Å². The van der Waals surface area contributed by atoms with E-state index in [0.717, 1.165) is 43.0 Å². The average Bonchev–Trinajstić information content (AvgIpc) is 3.08. The van der Waals surface area contributed by atoms with Gasteiger partial charge in [-0.15, -0.1) is 0 Å². The maximum atomic E-state index is 13.3. The Labute approximate surface area is 162 Å². The first-order valence-electron chi connectivity index (χ1n) is 9.13. The van der Waals surface area contributed by atoms with Gasteiger partial charge in [0, 0.05) is 41.6 Å². The molecule has 0 bridgehead atoms. The standard InChI is InChI=1S/C21H21ClFN3O/c22-16-3-1-14(2-4-16)13-26-9-7-18(8-10-26)24-21(27)20-12-15-11-17(23)5-6-19(15)25-20/h1-6,11-12,18,25H,7-10,13H2,(H,24,27). The van der Waals surface area contributed by atoms with Crippen LogP contribution in [0.2, 0.25) is 5.02 Å². The number of nitrogens with one attached hydrogen (secondary N) is 2. The Balaban J connectivity index is 1.31. The van der Waals surface area contributed by atoms with E-state index in [-0.39, 0.29) is 17.8 Å². The highest BCUT2D eigenvalue weighted by molar-refractivity contribution is 6.30. The lowest BCUT2D eigenvalue weighted by molar-refractivity contribution is 0.0904. The zero-order chi connectivity index (χ0) is 18.8. The average molecular weight is 386 g/mol. The van der Waals surface area contributed by atoms with Crippen LogP contribution in [0.1, 0.15) is 28.9 Å². The number of carbonyl (C=O) groups excluding carboxylic acids is 1. The van der Waals surface area contributed by atoms with Crippen molar-refractivity contribution in [3.05, 3.63) is 70.6 Å². The highest BCUT2D eigenvalue weighted by Gasteiger charge is 2.22. The zero-order valence-corrected chi connectivity index (χ0v) is 15.6. The molecule has 1 fully saturated rings. The number of hydrogen-bond donors (Lipinski definition) is 2. The van der Waals surface area contributed by atoms with Crippen molar-refractivity contribution in [2.75, 3.05) is 13.1 Å². The fourth-order valence-corrected chi connectivity index (χ4v) is 3.70. The Kier molecular flexibility index (Phi) is 5.14. The van der Waals surface area contributed by atoms with Crippen LogP contribution in [0.3, 0.4) is 0 Å². The molecule has 0 radical (unpaired) electrons. The second-order valence-corrected chi connectivity index (χ2v) is 7.50. The molecule has 0 spiro atoms. The molecule has 4 nitrogen and oxygen atoms in total. The molecular formula is C21H21ClFN3O. The fraction of sp³-hybridized carbons (Fsp3) is 0.286. The van der Waals surface area contributed by atoms with E-state index in [1.165, 1.54) is 17.7 Å². The summed E-state index contributed by atoms with van der Waals surface area (Å²) in [6, 6.07) is 14.2. The molecule has 6 heteroatoms. The molecule has 0 atom stereocenters. The third-order valence-electron chi connectivity index (χ3n) is 5.07. The number of rotatable bonds is 4. The Morgan fingerprint density at radius 2 is 1.89 bits per heavy atom. The predicted molar refractivity (Wildman–Crippen MR) is 105 cm³/mol. The lowest BCUT2D eigenvalue weighted by Gasteiger charge is -2.32. The summed E-state index contributed by atoms with van der Waals surface area (Å²) in [5.74, 6) is -0.440. The third kappa shape index (κ3) is 4.31. The summed E-state index contributed by atoms with van der Waals surface area (Å²) in [5, 5.41) is 4.55. The first-order chi connectivity index (χ1) is 13.1. The Bertz CT molecular complexity index is 946. The molecule has 140 valence electrons. The van der Waals surface area contributed by atoms with E-state index in [1.807, 2.05) is 12.1 Å². The smallest absolute Gasteiger partial charge is 0.267 e. The minimum absolute atomic E-state index is 0.136. The molecule has 0 aliphatic carbocycles. The van der Waals surface area contributed by atoms with E-state index in [1.54, 1.807) is 12.1 Å². The van der Waals surface area contributed by atoms with Crippen LogP contribution in [0, 0.1) is 5.82 Å². The number of H-pyrrole nitrogens is 1. The molecule has 27 heavy (non-hydrogen) atoms. The van der Waals surface area contributed by atoms with Crippen LogP contribution in [0.15, 0.2) is 48.5 Å². The van der Waals surface area contributed by atoms with Gasteiger partial charge in [-0.3, -0.25) is 9.69 Å². The van der Waals surface area contributed by atoms with Crippen molar-refractivity contribution in [2.24, 2.45) is 0 Å². The lowest BCUT2D eigenvalue weighted by atomic mass is 10.0. The lowest BCUT2D eigenvalue weighted by Crippen LogP contribution is -2.44. The van der Waals surface area contributed by atoms with E-state index >= 15 is 0 Å². The van der Waals surface area contributed by atoms with Gasteiger partial charge in [0.05, 0.1) is 0 Å². The van der Waals surface area contributed by atoms with E-state index < -0.39 is 0 Å². The van der Waals surface area contributed by atoms with Crippen molar-refractivity contribution >= 4 is 28.4 Å². The SMILES string of the molecule is O=C(NC1CCN(Cc2ccc(Cl)cc2)CC1)c1cc2cc(F)ccc2[nH]1. The van der Waals surface area contributed by atoms with Gasteiger partial charge in [0.2, 0.25) is 0 Å². The number of aromatic nitrogens is 1. The van der Waals surface area contributed by atoms with Crippen LogP contribution in [0.4, 0.5) is 4.39 Å². The number of carbonyl (C=O) groups is 1. The van der Waals surface area contributed by atoms with Crippen molar-refractivity contribution in [1.29, 1.82) is 0 Å². The minimum atomic E-state index is -0.304. The van der Waals surface area contributed by atoms with Gasteiger partial charge in [-0.05, 0) is 54.8 Å². The highest BCUT2D eigenvalue weighted by Crippen LogP contribution is 2.19. The second-order valence-electron chi connectivity index (χ2n) is 7.06. The second kappa shape index (κ2) is 7.71. The van der Waals surface area contributed by atoms with Crippen molar-refractivity contribution in [3.8, 4) is 0 Å². The number of amides is 1. The number of fused-ring (bicyclic) bond motifs is 1. The van der Waals surface area contributed by atoms with Crippen molar-refractivity contribution in [2.45, 2.75) is 25.4 Å². The number of nitrogens with zero attached hydrogens (tertiary/aromatic N) is 1. The first-order valence-corrected chi connectivity index (χ1v) is 9.50. The number of benzene rings is 2. The van der Waals surface area contributed by atoms with E-state index in [4.69, 9.17) is 11.6 Å². The number of aromatic amines is 1. The Morgan fingerprint density at radius 3 is 2.63 bits per heavy atom. The first kappa shape index (κ1) is 18.0. The van der Waals surface area contributed by atoms with Gasteiger partial charge in [0.1, 0.15) is 11.5 Å². The summed E-state index contributed by atoms with van der Waals surface area (Å²) in [6.07, 6.45) is 1.82. The molecule has 4 rings (SSSR count). The van der Waals surface area contributed by atoms with E-state index in [2.05, 4.69) is 27.3 Å². The van der Waals surface area contributed by atoms with Gasteiger partial charge in [0.15, 0.2) is 0 Å². The Morgan fingerprint density at radius 1 is 1.15 bits per heavy atom. The van der Waals surface area contributed by atoms with Crippen molar-refractivity contribution < 1.29 is 9.18 Å². The molecule has 2 heterocycles. The Hall–Kier alpha value is -2.37. The topological polar surface area (TPSA) is 48.1 Å². The molecule has 1 aliphatic heterocycles. The molecule has 1 aliphatic rings. The number of likely N-dealkylation sites (tertiary alicyclic amines) is 1. The molecule has 2 aromatic carbocycles. The normalized spacial score (nSPS) is 15.9. The van der Waals surface area contributed by atoms with Crippen molar-refractivity contribution in [1.82, 2.24) is 15.2 Å². The number of halogens is 2. The van der Waals surface area contributed by atoms with Crippen LogP contribution in [0.5, 0.6) is 0 Å². The molecule has 2 N–H and O–H groups in total. The summed E-state index contributed by atoms with van der Waals surface area (Å²) in [6.45, 7) is 2.77. The third-order valence-corrected chi connectivity index (χ3v) is 5.32. The number of hydrogen-bond acceptors (Lipinski definition) is 2. The van der Waals surface area contributed by atoms with Crippen LogP contribution < -0.4 is 5.32 Å². The predicted octanol–water partition coefficient (Wildman–Crippen LogP) is 4.35. The van der Waals surface area contributed by atoms with Crippen LogP contribution in [-0.4, -0.2) is 34.9 Å². The fourth-order valence-electron chi connectivity index (χ4n) is 3.57. The molecule has 1 aromatic heterocycles. The quantitative estimate of drug-likeness (QED) is 0.701. The molecule has 1 amide bonds. The summed E-state index contributed by atoms with van der Waals surface area (Å²) >= 11 is 5.93. The molecule has 0 saturated carbocycles. The molecule has 1 saturated heterocycles. The largest absolute Gasteiger partial charge is 0.351 e. The minimum Gasteiger partial charge on any atom is -0.351 e. The van der Waals surface area contributed by atoms with Crippen LogP contribution >= 0.6 is 11.6 Å². The number of piperidine rings is 1. The zero-order valence-electron chi connectivity index (χ0n) is 14.8. The summed E-state index contributed by atoms with van der Waals surface area (Å²) in [7, 11) is 0. The van der Waals surface area contributed by atoms with Gasteiger partial charge in [-0.1, -0.05) is 23.7 Å². The molecular weight excluding hydrogens is 365 g/mol.